The molecule has 27 heavy (non-hydrogen) atoms. The predicted octanol–water partition coefficient (Wildman–Crippen LogP) is 4.63. The van der Waals surface area contributed by atoms with Crippen molar-refractivity contribution >= 4 is 46.2 Å². The molecule has 0 aromatic heterocycles. The van der Waals surface area contributed by atoms with Crippen molar-refractivity contribution in [1.29, 1.82) is 0 Å². The highest BCUT2D eigenvalue weighted by Gasteiger charge is 2.23. The molecule has 1 amide bonds. The maximum Gasteiger partial charge on any atom is 0.272 e. The number of carbonyl (C=O) groups excluding carboxylic acids is 1. The predicted molar refractivity (Wildman–Crippen MR) is 104 cm³/mol. The zero-order valence-corrected chi connectivity index (χ0v) is 15.7. The highest BCUT2D eigenvalue weighted by molar-refractivity contribution is 6.39. The van der Waals surface area contributed by atoms with Crippen LogP contribution >= 0.6 is 23.2 Å². The minimum absolute atomic E-state index is 0.154. The highest BCUT2D eigenvalue weighted by atomic mass is 35.5. The quantitative estimate of drug-likeness (QED) is 0.535. The van der Waals surface area contributed by atoms with Crippen LogP contribution in [0, 0.1) is 10.1 Å². The number of amides is 1. The first-order chi connectivity index (χ1) is 12.9. The second-order valence-corrected chi connectivity index (χ2v) is 6.90. The number of nitrogens with one attached hydrogen (secondary N) is 2. The van der Waals surface area contributed by atoms with Crippen LogP contribution in [0.5, 0.6) is 0 Å². The van der Waals surface area contributed by atoms with E-state index < -0.39 is 11.0 Å². The molecule has 0 saturated carbocycles. The van der Waals surface area contributed by atoms with E-state index in [-0.39, 0.29) is 21.6 Å². The van der Waals surface area contributed by atoms with Crippen LogP contribution in [0.25, 0.3) is 0 Å². The fourth-order valence-corrected chi connectivity index (χ4v) is 3.40. The third kappa shape index (κ3) is 4.88. The Hall–Kier alpha value is -2.35. The van der Waals surface area contributed by atoms with E-state index in [1.54, 1.807) is 6.07 Å². The van der Waals surface area contributed by atoms with Gasteiger partial charge in [0.15, 0.2) is 0 Å². The molecule has 1 heterocycles. The van der Waals surface area contributed by atoms with Gasteiger partial charge in [-0.05, 0) is 30.5 Å². The third-order valence-electron chi connectivity index (χ3n) is 4.12. The van der Waals surface area contributed by atoms with Crippen molar-refractivity contribution in [2.24, 2.45) is 0 Å². The van der Waals surface area contributed by atoms with Gasteiger partial charge in [-0.15, -0.1) is 0 Å². The standard InChI is InChI=1S/C18H17Cl2N3O4/c19-14-8-13(23(25)26)9-15(20)17(14)21-10-11-3-1-4-12(7-11)22-18(24)16-5-2-6-27-16/h1,3-4,7-9,16,21H,2,5-6,10H2,(H,22,24). The van der Waals surface area contributed by atoms with Crippen LogP contribution in [0.1, 0.15) is 18.4 Å². The lowest BCUT2D eigenvalue weighted by Crippen LogP contribution is -2.26. The fraction of sp³-hybridized carbons (Fsp3) is 0.278. The second-order valence-electron chi connectivity index (χ2n) is 6.09. The average molecular weight is 410 g/mol. The molecule has 0 spiro atoms. The Balaban J connectivity index is 1.66. The normalized spacial score (nSPS) is 16.1. The van der Waals surface area contributed by atoms with Crippen molar-refractivity contribution < 1.29 is 14.5 Å². The molecule has 0 aliphatic carbocycles. The summed E-state index contributed by atoms with van der Waals surface area (Å²) in [5, 5.41) is 17.1. The lowest BCUT2D eigenvalue weighted by Gasteiger charge is -2.13. The van der Waals surface area contributed by atoms with Crippen molar-refractivity contribution in [2.75, 3.05) is 17.2 Å². The summed E-state index contributed by atoms with van der Waals surface area (Å²) >= 11 is 12.2. The molecule has 1 aliphatic heterocycles. The molecule has 1 aliphatic rings. The largest absolute Gasteiger partial charge is 0.379 e. The number of carbonyl (C=O) groups is 1. The fourth-order valence-electron chi connectivity index (χ4n) is 2.79. The number of nitro groups is 1. The summed E-state index contributed by atoms with van der Waals surface area (Å²) in [7, 11) is 0. The number of rotatable bonds is 6. The third-order valence-corrected chi connectivity index (χ3v) is 4.72. The number of non-ortho nitro benzene ring substituents is 1. The molecular weight excluding hydrogens is 393 g/mol. The Labute approximate surface area is 165 Å². The van der Waals surface area contributed by atoms with Gasteiger partial charge >= 0.3 is 0 Å². The van der Waals surface area contributed by atoms with Gasteiger partial charge in [0.1, 0.15) is 6.10 Å². The Morgan fingerprint density at radius 3 is 2.63 bits per heavy atom. The smallest absolute Gasteiger partial charge is 0.272 e. The molecule has 0 bridgehead atoms. The lowest BCUT2D eigenvalue weighted by atomic mass is 10.1. The van der Waals surface area contributed by atoms with Gasteiger partial charge in [-0.25, -0.2) is 0 Å². The van der Waals surface area contributed by atoms with Gasteiger partial charge in [-0.2, -0.15) is 0 Å². The maximum absolute atomic E-state index is 12.1. The van der Waals surface area contributed by atoms with E-state index in [1.165, 1.54) is 12.1 Å². The number of hydrogen-bond acceptors (Lipinski definition) is 5. The molecule has 1 unspecified atom stereocenters. The molecule has 7 nitrogen and oxygen atoms in total. The second kappa shape index (κ2) is 8.56. The lowest BCUT2D eigenvalue weighted by molar-refractivity contribution is -0.384. The zero-order valence-electron chi connectivity index (χ0n) is 14.2. The molecular formula is C18H17Cl2N3O4. The summed E-state index contributed by atoms with van der Waals surface area (Å²) in [6.45, 7) is 0.986. The van der Waals surface area contributed by atoms with E-state index in [2.05, 4.69) is 10.6 Å². The Bertz CT molecular complexity index is 846. The van der Waals surface area contributed by atoms with Crippen LogP contribution in [0.2, 0.25) is 10.0 Å². The molecule has 142 valence electrons. The Morgan fingerprint density at radius 2 is 2.00 bits per heavy atom. The van der Waals surface area contributed by atoms with Gasteiger partial charge in [0.05, 0.1) is 20.7 Å². The van der Waals surface area contributed by atoms with Gasteiger partial charge in [0, 0.05) is 31.0 Å². The molecule has 1 atom stereocenters. The summed E-state index contributed by atoms with van der Waals surface area (Å²) < 4.78 is 5.37. The van der Waals surface area contributed by atoms with Crippen molar-refractivity contribution in [3.8, 4) is 0 Å². The van der Waals surface area contributed by atoms with Crippen molar-refractivity contribution in [3.05, 3.63) is 62.1 Å². The van der Waals surface area contributed by atoms with E-state index in [4.69, 9.17) is 27.9 Å². The minimum atomic E-state index is -0.554. The average Bonchev–Trinajstić information content (AvgIpc) is 3.16. The Morgan fingerprint density at radius 1 is 1.26 bits per heavy atom. The van der Waals surface area contributed by atoms with Crippen molar-refractivity contribution in [1.82, 2.24) is 0 Å². The van der Waals surface area contributed by atoms with Crippen LogP contribution in [-0.4, -0.2) is 23.5 Å². The van der Waals surface area contributed by atoms with Crippen molar-refractivity contribution in [3.63, 3.8) is 0 Å². The number of nitro benzene ring substituents is 1. The molecule has 1 saturated heterocycles. The van der Waals surface area contributed by atoms with Gasteiger partial charge in [-0.1, -0.05) is 35.3 Å². The first kappa shape index (κ1) is 19.4. The molecule has 3 rings (SSSR count). The molecule has 2 N–H and O–H groups in total. The number of hydrogen-bond donors (Lipinski definition) is 2. The molecule has 1 fully saturated rings. The summed E-state index contributed by atoms with van der Waals surface area (Å²) in [5.74, 6) is -0.154. The Kier molecular flexibility index (Phi) is 6.15. The maximum atomic E-state index is 12.1. The first-order valence-corrected chi connectivity index (χ1v) is 9.08. The SMILES string of the molecule is O=C(Nc1cccc(CNc2c(Cl)cc([N+](=O)[O-])cc2Cl)c1)C1CCCO1. The number of ether oxygens (including phenoxy) is 1. The van der Waals surface area contributed by atoms with Gasteiger partial charge < -0.3 is 15.4 Å². The summed E-state index contributed by atoms with van der Waals surface area (Å²) in [4.78, 5) is 22.4. The van der Waals surface area contributed by atoms with E-state index in [0.29, 0.717) is 24.5 Å². The molecule has 9 heteroatoms. The van der Waals surface area contributed by atoms with Crippen LogP contribution in [0.3, 0.4) is 0 Å². The van der Waals surface area contributed by atoms with Crippen LogP contribution in [0.4, 0.5) is 17.1 Å². The number of nitrogens with zero attached hydrogens (tertiary/aromatic N) is 1. The summed E-state index contributed by atoms with van der Waals surface area (Å²) in [6.07, 6.45) is 1.22. The summed E-state index contributed by atoms with van der Waals surface area (Å²) in [5.41, 5.74) is 1.79. The molecule has 2 aromatic carbocycles. The van der Waals surface area contributed by atoms with E-state index >= 15 is 0 Å². The van der Waals surface area contributed by atoms with Crippen LogP contribution < -0.4 is 10.6 Å². The zero-order chi connectivity index (χ0) is 19.4. The molecule has 2 aromatic rings. The number of halogens is 2. The van der Waals surface area contributed by atoms with Gasteiger partial charge in [0.25, 0.3) is 11.6 Å². The van der Waals surface area contributed by atoms with Gasteiger partial charge in [-0.3, -0.25) is 14.9 Å². The van der Waals surface area contributed by atoms with E-state index in [0.717, 1.165) is 18.4 Å². The van der Waals surface area contributed by atoms with E-state index in [9.17, 15) is 14.9 Å². The topological polar surface area (TPSA) is 93.5 Å². The van der Waals surface area contributed by atoms with Gasteiger partial charge in [0.2, 0.25) is 0 Å². The highest BCUT2D eigenvalue weighted by Crippen LogP contribution is 2.35. The monoisotopic (exact) mass is 409 g/mol. The van der Waals surface area contributed by atoms with E-state index in [1.807, 2.05) is 18.2 Å². The number of benzene rings is 2. The summed E-state index contributed by atoms with van der Waals surface area (Å²) in [6, 6.07) is 9.81. The van der Waals surface area contributed by atoms with Crippen LogP contribution in [-0.2, 0) is 16.1 Å². The van der Waals surface area contributed by atoms with Crippen LogP contribution in [0.15, 0.2) is 36.4 Å². The molecule has 0 radical (unpaired) electrons. The number of anilines is 2. The minimum Gasteiger partial charge on any atom is -0.379 e. The first-order valence-electron chi connectivity index (χ1n) is 8.33. The van der Waals surface area contributed by atoms with Crippen molar-refractivity contribution in [2.45, 2.75) is 25.5 Å².